The lowest BCUT2D eigenvalue weighted by atomic mass is 10.2. The number of carbonyl (C=O) groups is 2. The number of halogens is 2. The lowest BCUT2D eigenvalue weighted by Gasteiger charge is -2.14. The smallest absolute Gasteiger partial charge is 0.319 e. The maximum Gasteiger partial charge on any atom is 0.319 e. The molecular weight excluding hydrogens is 477 g/mol. The van der Waals surface area contributed by atoms with Crippen LogP contribution in [0, 0.1) is 5.82 Å². The zero-order chi connectivity index (χ0) is 21.5. The number of carbonyl (C=O) groups excluding carboxylic acids is 2. The van der Waals surface area contributed by atoms with Crippen LogP contribution in [0.5, 0.6) is 5.88 Å². The molecule has 11 heteroatoms. The molecule has 1 aliphatic rings. The molecule has 0 saturated carbocycles. The molecule has 8 nitrogen and oxygen atoms in total. The Hall–Kier alpha value is -2.24. The molecule has 0 unspecified atom stereocenters. The molecule has 1 aromatic heterocycles. The van der Waals surface area contributed by atoms with Gasteiger partial charge in [0, 0.05) is 16.6 Å². The average molecular weight is 500 g/mol. The number of anilines is 1. The van der Waals surface area contributed by atoms with Crippen LogP contribution in [0.2, 0.25) is 0 Å². The van der Waals surface area contributed by atoms with Gasteiger partial charge in [-0.25, -0.2) is 9.18 Å². The fraction of sp³-hybridized carbons (Fsp3) is 0.421. The molecule has 2 heterocycles. The van der Waals surface area contributed by atoms with E-state index in [0.29, 0.717) is 16.6 Å². The molecule has 1 saturated heterocycles. The molecule has 4 N–H and O–H groups in total. The van der Waals surface area contributed by atoms with Crippen LogP contribution < -0.4 is 21.1 Å². The highest BCUT2D eigenvalue weighted by Crippen LogP contribution is 2.31. The highest BCUT2D eigenvalue weighted by Gasteiger charge is 2.22. The number of nitrogens with two attached hydrogens (primary N) is 1. The lowest BCUT2D eigenvalue weighted by Crippen LogP contribution is -2.32. The van der Waals surface area contributed by atoms with E-state index in [2.05, 4.69) is 35.8 Å². The van der Waals surface area contributed by atoms with Crippen molar-refractivity contribution in [3.8, 4) is 5.88 Å². The van der Waals surface area contributed by atoms with Gasteiger partial charge in [0.25, 0.3) is 5.91 Å². The van der Waals surface area contributed by atoms with Crippen LogP contribution in [-0.2, 0) is 6.61 Å². The summed E-state index contributed by atoms with van der Waals surface area (Å²) >= 11 is 4.06. The van der Waals surface area contributed by atoms with Gasteiger partial charge in [0.05, 0.1) is 0 Å². The van der Waals surface area contributed by atoms with Crippen molar-refractivity contribution in [2.75, 3.05) is 31.5 Å². The molecule has 3 rings (SSSR count). The lowest BCUT2D eigenvalue weighted by molar-refractivity contribution is 0.0996. The fourth-order valence-corrected chi connectivity index (χ4v) is 4.19. The average Bonchev–Trinajstić information content (AvgIpc) is 3.34. The Morgan fingerprint density at radius 1 is 1.33 bits per heavy atom. The van der Waals surface area contributed by atoms with Gasteiger partial charge in [0.15, 0.2) is 0 Å². The van der Waals surface area contributed by atoms with Gasteiger partial charge in [-0.2, -0.15) is 4.37 Å². The predicted octanol–water partition coefficient (Wildman–Crippen LogP) is 3.33. The van der Waals surface area contributed by atoms with Crippen molar-refractivity contribution in [3.63, 3.8) is 0 Å². The Morgan fingerprint density at radius 3 is 2.80 bits per heavy atom. The minimum Gasteiger partial charge on any atom is -0.471 e. The van der Waals surface area contributed by atoms with Crippen molar-refractivity contribution in [2.45, 2.75) is 25.9 Å². The first-order chi connectivity index (χ1) is 14.4. The van der Waals surface area contributed by atoms with Gasteiger partial charge in [-0.05, 0) is 62.6 Å². The maximum absolute atomic E-state index is 13.9. The second kappa shape index (κ2) is 10.7. The highest BCUT2D eigenvalue weighted by atomic mass is 79.9. The number of aromatic nitrogens is 1. The van der Waals surface area contributed by atoms with Crippen molar-refractivity contribution in [2.24, 2.45) is 5.73 Å². The Labute approximate surface area is 186 Å². The summed E-state index contributed by atoms with van der Waals surface area (Å²) in [7, 11) is 0. The third-order valence-electron chi connectivity index (χ3n) is 4.65. The fourth-order valence-electron chi connectivity index (χ4n) is 3.12. The highest BCUT2D eigenvalue weighted by molar-refractivity contribution is 9.10. The van der Waals surface area contributed by atoms with Gasteiger partial charge in [-0.15, -0.1) is 0 Å². The number of benzene rings is 1. The molecule has 0 atom stereocenters. The van der Waals surface area contributed by atoms with Crippen LogP contribution in [0.4, 0.5) is 14.2 Å². The largest absolute Gasteiger partial charge is 0.471 e. The SMILES string of the molecule is NC(=O)c1c(OCc2ccc(Br)cc2F)nsc1NC(=O)NCCCN1CCCC1. The summed E-state index contributed by atoms with van der Waals surface area (Å²) < 4.78 is 24.1. The number of amides is 3. The number of hydrogen-bond donors (Lipinski definition) is 3. The summed E-state index contributed by atoms with van der Waals surface area (Å²) in [6.07, 6.45) is 3.30. The number of primary amides is 1. The quantitative estimate of drug-likeness (QED) is 0.458. The van der Waals surface area contributed by atoms with Crippen LogP contribution in [0.1, 0.15) is 35.2 Å². The van der Waals surface area contributed by atoms with Gasteiger partial charge in [0.1, 0.15) is 23.0 Å². The monoisotopic (exact) mass is 499 g/mol. The Morgan fingerprint density at radius 2 is 2.10 bits per heavy atom. The van der Waals surface area contributed by atoms with Crippen molar-refractivity contribution in [1.82, 2.24) is 14.6 Å². The zero-order valence-corrected chi connectivity index (χ0v) is 18.7. The number of hydrogen-bond acceptors (Lipinski definition) is 6. The molecule has 1 aromatic carbocycles. The van der Waals surface area contributed by atoms with Gasteiger partial charge in [-0.3, -0.25) is 10.1 Å². The Kier molecular flexibility index (Phi) is 8.00. The van der Waals surface area contributed by atoms with E-state index in [1.807, 2.05) is 0 Å². The van der Waals surface area contributed by atoms with Gasteiger partial charge in [0.2, 0.25) is 5.88 Å². The predicted molar refractivity (Wildman–Crippen MR) is 116 cm³/mol. The summed E-state index contributed by atoms with van der Waals surface area (Å²) in [5.74, 6) is -1.29. The summed E-state index contributed by atoms with van der Waals surface area (Å²) in [5, 5.41) is 5.53. The summed E-state index contributed by atoms with van der Waals surface area (Å²) in [6.45, 7) is 3.55. The molecule has 0 radical (unpaired) electrons. The summed E-state index contributed by atoms with van der Waals surface area (Å²) in [6, 6.07) is 4.10. The molecule has 0 bridgehead atoms. The molecule has 1 fully saturated rings. The summed E-state index contributed by atoms with van der Waals surface area (Å²) in [5.41, 5.74) is 5.70. The van der Waals surface area contributed by atoms with Crippen LogP contribution in [-0.4, -0.2) is 47.4 Å². The first-order valence-electron chi connectivity index (χ1n) is 9.57. The number of likely N-dealkylation sites (tertiary alicyclic amines) is 1. The molecule has 1 aliphatic heterocycles. The number of rotatable bonds is 9. The van der Waals surface area contributed by atoms with Crippen molar-refractivity contribution in [1.29, 1.82) is 0 Å². The Balaban J connectivity index is 1.54. The molecule has 30 heavy (non-hydrogen) atoms. The minimum atomic E-state index is -0.792. The third kappa shape index (κ3) is 6.13. The van der Waals surface area contributed by atoms with Crippen LogP contribution in [0.15, 0.2) is 22.7 Å². The first kappa shape index (κ1) is 22.4. The minimum absolute atomic E-state index is 0.0373. The molecule has 3 amide bonds. The van der Waals surface area contributed by atoms with E-state index in [-0.39, 0.29) is 23.1 Å². The number of nitrogens with zero attached hydrogens (tertiary/aromatic N) is 2. The Bertz CT molecular complexity index is 904. The number of urea groups is 1. The van der Waals surface area contributed by atoms with E-state index in [0.717, 1.165) is 37.6 Å². The van der Waals surface area contributed by atoms with Crippen molar-refractivity contribution in [3.05, 3.63) is 39.6 Å². The van der Waals surface area contributed by atoms with E-state index in [4.69, 9.17) is 10.5 Å². The molecular formula is C19H23BrFN5O3S. The van der Waals surface area contributed by atoms with E-state index in [9.17, 15) is 14.0 Å². The van der Waals surface area contributed by atoms with Crippen LogP contribution in [0.25, 0.3) is 0 Å². The first-order valence-corrected chi connectivity index (χ1v) is 11.1. The van der Waals surface area contributed by atoms with Crippen molar-refractivity contribution >= 4 is 44.4 Å². The third-order valence-corrected chi connectivity index (χ3v) is 5.89. The van der Waals surface area contributed by atoms with Crippen LogP contribution in [0.3, 0.4) is 0 Å². The van der Waals surface area contributed by atoms with Gasteiger partial charge >= 0.3 is 6.03 Å². The zero-order valence-electron chi connectivity index (χ0n) is 16.2. The number of nitrogens with one attached hydrogen (secondary N) is 2. The van der Waals surface area contributed by atoms with E-state index < -0.39 is 17.8 Å². The van der Waals surface area contributed by atoms with Crippen LogP contribution >= 0.6 is 27.5 Å². The van der Waals surface area contributed by atoms with E-state index in [1.165, 1.54) is 18.9 Å². The van der Waals surface area contributed by atoms with E-state index >= 15 is 0 Å². The van der Waals surface area contributed by atoms with E-state index in [1.54, 1.807) is 12.1 Å². The second-order valence-corrected chi connectivity index (χ2v) is 8.55. The maximum atomic E-state index is 13.9. The van der Waals surface area contributed by atoms with Gasteiger partial charge < -0.3 is 20.7 Å². The molecule has 0 spiro atoms. The standard InChI is InChI=1S/C19H23BrFN5O3S/c20-13-5-4-12(14(21)10-13)11-29-17-15(16(22)27)18(30-25-17)24-19(28)23-6-3-9-26-7-1-2-8-26/h4-5,10H,1-3,6-9,11H2,(H2,22,27)(H2,23,24,28). The normalized spacial score (nSPS) is 13.9. The molecule has 0 aliphatic carbocycles. The van der Waals surface area contributed by atoms with Gasteiger partial charge in [-0.1, -0.05) is 22.0 Å². The second-order valence-electron chi connectivity index (χ2n) is 6.86. The molecule has 2 aromatic rings. The number of ether oxygens (including phenoxy) is 1. The van der Waals surface area contributed by atoms with Crippen molar-refractivity contribution < 1.29 is 18.7 Å². The molecule has 162 valence electrons. The summed E-state index contributed by atoms with van der Waals surface area (Å²) in [4.78, 5) is 26.4. The topological polar surface area (TPSA) is 110 Å².